The zero-order valence-corrected chi connectivity index (χ0v) is 16.4. The summed E-state index contributed by atoms with van der Waals surface area (Å²) in [4.78, 5) is 4.40. The minimum atomic E-state index is -3.68. The molecular formula is C20H19FN2O2S2. The normalized spacial score (nSPS) is 11.3. The van der Waals surface area contributed by atoms with E-state index in [1.807, 2.05) is 12.1 Å². The van der Waals surface area contributed by atoms with Crippen molar-refractivity contribution in [1.29, 1.82) is 0 Å². The fraction of sp³-hybridized carbons (Fsp3) is 0.150. The molecule has 0 atom stereocenters. The van der Waals surface area contributed by atoms with Crippen LogP contribution in [0.1, 0.15) is 12.5 Å². The fourth-order valence-electron chi connectivity index (χ4n) is 2.60. The van der Waals surface area contributed by atoms with E-state index in [-0.39, 0.29) is 10.7 Å². The molecule has 0 aliphatic heterocycles. The smallest absolute Gasteiger partial charge is 0.265 e. The lowest BCUT2D eigenvalue weighted by Crippen LogP contribution is -2.30. The number of rotatable bonds is 7. The standard InChI is InChI=1S/C20H19FN2O2S2/c1-2-23(18-9-4-3-5-10-18)27(24,25)19-11-12-20(22-14-19)26-15-16-7-6-8-17(21)13-16/h3-14H,2,15H2,1H3. The lowest BCUT2D eigenvalue weighted by Gasteiger charge is -2.22. The van der Waals surface area contributed by atoms with Crippen molar-refractivity contribution in [2.75, 3.05) is 10.8 Å². The molecule has 4 nitrogen and oxygen atoms in total. The molecule has 3 rings (SSSR count). The third kappa shape index (κ3) is 4.67. The number of sulfonamides is 1. The van der Waals surface area contributed by atoms with Gasteiger partial charge in [0, 0.05) is 18.5 Å². The molecule has 27 heavy (non-hydrogen) atoms. The van der Waals surface area contributed by atoms with E-state index in [2.05, 4.69) is 4.98 Å². The molecule has 0 radical (unpaired) electrons. The second-order valence-electron chi connectivity index (χ2n) is 5.76. The lowest BCUT2D eigenvalue weighted by atomic mass is 10.2. The Bertz CT molecular complexity index is 994. The molecular weight excluding hydrogens is 383 g/mol. The van der Waals surface area contributed by atoms with Crippen LogP contribution in [-0.4, -0.2) is 19.9 Å². The molecule has 0 fully saturated rings. The van der Waals surface area contributed by atoms with Gasteiger partial charge >= 0.3 is 0 Å². The van der Waals surface area contributed by atoms with Crippen LogP contribution in [0.5, 0.6) is 0 Å². The lowest BCUT2D eigenvalue weighted by molar-refractivity contribution is 0.591. The Morgan fingerprint density at radius 1 is 1.04 bits per heavy atom. The monoisotopic (exact) mass is 402 g/mol. The molecule has 0 spiro atoms. The van der Waals surface area contributed by atoms with Crippen LogP contribution in [0.2, 0.25) is 0 Å². The number of hydrogen-bond acceptors (Lipinski definition) is 4. The van der Waals surface area contributed by atoms with E-state index in [9.17, 15) is 12.8 Å². The fourth-order valence-corrected chi connectivity index (χ4v) is 4.81. The molecule has 140 valence electrons. The second kappa shape index (κ2) is 8.54. The van der Waals surface area contributed by atoms with E-state index in [0.717, 1.165) is 5.56 Å². The van der Waals surface area contributed by atoms with Gasteiger partial charge in [0.15, 0.2) is 0 Å². The van der Waals surface area contributed by atoms with Crippen molar-refractivity contribution >= 4 is 27.5 Å². The zero-order chi connectivity index (χ0) is 19.3. The number of para-hydroxylation sites is 1. The average molecular weight is 403 g/mol. The van der Waals surface area contributed by atoms with Crippen molar-refractivity contribution in [3.05, 3.63) is 84.3 Å². The molecule has 0 bridgehead atoms. The molecule has 0 aliphatic rings. The minimum Gasteiger partial charge on any atom is -0.267 e. The third-order valence-electron chi connectivity index (χ3n) is 3.90. The maximum atomic E-state index is 13.2. The molecule has 0 unspecified atom stereocenters. The van der Waals surface area contributed by atoms with Crippen LogP contribution in [0.3, 0.4) is 0 Å². The number of pyridine rings is 1. The highest BCUT2D eigenvalue weighted by Gasteiger charge is 2.23. The van der Waals surface area contributed by atoms with Gasteiger partial charge in [0.2, 0.25) is 0 Å². The van der Waals surface area contributed by atoms with Gasteiger partial charge in [-0.3, -0.25) is 4.31 Å². The number of nitrogens with zero attached hydrogens (tertiary/aromatic N) is 2. The van der Waals surface area contributed by atoms with Crippen LogP contribution < -0.4 is 4.31 Å². The summed E-state index contributed by atoms with van der Waals surface area (Å²) in [5.41, 5.74) is 1.46. The van der Waals surface area contributed by atoms with E-state index in [0.29, 0.717) is 23.0 Å². The number of halogens is 1. The Hall–Kier alpha value is -2.38. The van der Waals surface area contributed by atoms with Gasteiger partial charge in [-0.2, -0.15) is 0 Å². The van der Waals surface area contributed by atoms with Crippen LogP contribution in [0, 0.1) is 5.82 Å². The van der Waals surface area contributed by atoms with Crippen LogP contribution in [0.4, 0.5) is 10.1 Å². The quantitative estimate of drug-likeness (QED) is 0.536. The molecule has 3 aromatic rings. The van der Waals surface area contributed by atoms with Gasteiger partial charge in [0.1, 0.15) is 10.7 Å². The Balaban J connectivity index is 1.75. The Labute approximate surface area is 163 Å². The van der Waals surface area contributed by atoms with Gasteiger partial charge in [-0.15, -0.1) is 11.8 Å². The molecule has 0 N–H and O–H groups in total. The summed E-state index contributed by atoms with van der Waals surface area (Å²) < 4.78 is 40.4. The molecule has 0 amide bonds. The number of aromatic nitrogens is 1. The van der Waals surface area contributed by atoms with E-state index in [1.54, 1.807) is 49.4 Å². The van der Waals surface area contributed by atoms with Crippen LogP contribution >= 0.6 is 11.8 Å². The molecule has 0 saturated carbocycles. The van der Waals surface area contributed by atoms with Crippen LogP contribution in [0.15, 0.2) is 82.8 Å². The van der Waals surface area contributed by atoms with E-state index >= 15 is 0 Å². The van der Waals surface area contributed by atoms with Crippen molar-refractivity contribution in [3.63, 3.8) is 0 Å². The zero-order valence-electron chi connectivity index (χ0n) is 14.7. The molecule has 0 saturated heterocycles. The second-order valence-corrected chi connectivity index (χ2v) is 8.61. The topological polar surface area (TPSA) is 50.3 Å². The highest BCUT2D eigenvalue weighted by Crippen LogP contribution is 2.25. The number of benzene rings is 2. The third-order valence-corrected chi connectivity index (χ3v) is 6.81. The summed E-state index contributed by atoms with van der Waals surface area (Å²) in [6.07, 6.45) is 1.37. The van der Waals surface area contributed by atoms with Crippen LogP contribution in [0.25, 0.3) is 0 Å². The van der Waals surface area contributed by atoms with Crippen molar-refractivity contribution in [3.8, 4) is 0 Å². The maximum Gasteiger partial charge on any atom is 0.265 e. The average Bonchev–Trinajstić information content (AvgIpc) is 2.68. The van der Waals surface area contributed by atoms with E-state index < -0.39 is 10.0 Å². The predicted octanol–water partition coefficient (Wildman–Crippen LogP) is 4.73. The number of hydrogen-bond donors (Lipinski definition) is 0. The molecule has 1 heterocycles. The summed E-state index contributed by atoms with van der Waals surface area (Å²) >= 11 is 1.43. The van der Waals surface area contributed by atoms with Gasteiger partial charge in [-0.05, 0) is 48.9 Å². The van der Waals surface area contributed by atoms with Gasteiger partial charge in [0.05, 0.1) is 10.7 Å². The van der Waals surface area contributed by atoms with Crippen molar-refractivity contribution in [2.45, 2.75) is 22.6 Å². The first-order valence-electron chi connectivity index (χ1n) is 8.42. The maximum absolute atomic E-state index is 13.2. The summed E-state index contributed by atoms with van der Waals surface area (Å²) in [5.74, 6) is 0.283. The highest BCUT2D eigenvalue weighted by atomic mass is 32.2. The molecule has 2 aromatic carbocycles. The number of anilines is 1. The summed E-state index contributed by atoms with van der Waals surface area (Å²) in [6.45, 7) is 2.11. The number of thioether (sulfide) groups is 1. The summed E-state index contributed by atoms with van der Waals surface area (Å²) in [7, 11) is -3.68. The largest absolute Gasteiger partial charge is 0.267 e. The van der Waals surface area contributed by atoms with E-state index in [1.165, 1.54) is 34.4 Å². The highest BCUT2D eigenvalue weighted by molar-refractivity contribution is 7.98. The first-order valence-corrected chi connectivity index (χ1v) is 10.8. The minimum absolute atomic E-state index is 0.142. The first kappa shape index (κ1) is 19.4. The Morgan fingerprint density at radius 2 is 1.81 bits per heavy atom. The SMILES string of the molecule is CCN(c1ccccc1)S(=O)(=O)c1ccc(SCc2cccc(F)c2)nc1. The Kier molecular flexibility index (Phi) is 6.13. The van der Waals surface area contributed by atoms with Crippen LogP contribution in [-0.2, 0) is 15.8 Å². The summed E-state index contributed by atoms with van der Waals surface area (Å²) in [5, 5.41) is 0.681. The van der Waals surface area contributed by atoms with Gasteiger partial charge in [-0.1, -0.05) is 30.3 Å². The Morgan fingerprint density at radius 3 is 2.44 bits per heavy atom. The van der Waals surface area contributed by atoms with Crippen molar-refractivity contribution < 1.29 is 12.8 Å². The van der Waals surface area contributed by atoms with Gasteiger partial charge < -0.3 is 0 Å². The van der Waals surface area contributed by atoms with Gasteiger partial charge in [-0.25, -0.2) is 17.8 Å². The molecule has 0 aliphatic carbocycles. The summed E-state index contributed by atoms with van der Waals surface area (Å²) in [6, 6.07) is 18.6. The van der Waals surface area contributed by atoms with Crippen molar-refractivity contribution in [2.24, 2.45) is 0 Å². The predicted molar refractivity (Wildman–Crippen MR) is 107 cm³/mol. The van der Waals surface area contributed by atoms with E-state index in [4.69, 9.17) is 0 Å². The van der Waals surface area contributed by atoms with Gasteiger partial charge in [0.25, 0.3) is 10.0 Å². The molecule has 7 heteroatoms. The van der Waals surface area contributed by atoms with Crippen molar-refractivity contribution in [1.82, 2.24) is 4.98 Å². The first-order chi connectivity index (χ1) is 13.0. The molecule has 1 aromatic heterocycles.